The molecule has 0 atom stereocenters. The van der Waals surface area contributed by atoms with E-state index >= 15 is 0 Å². The summed E-state index contributed by atoms with van der Waals surface area (Å²) in [6, 6.07) is 6.76. The van der Waals surface area contributed by atoms with Crippen molar-refractivity contribution in [3.63, 3.8) is 0 Å². The van der Waals surface area contributed by atoms with Crippen molar-refractivity contribution in [2.75, 3.05) is 4.72 Å². The van der Waals surface area contributed by atoms with Crippen LogP contribution in [0.4, 0.5) is 20.2 Å². The summed E-state index contributed by atoms with van der Waals surface area (Å²) in [5, 5.41) is 10.7. The van der Waals surface area contributed by atoms with Crippen molar-refractivity contribution in [3.8, 4) is 5.75 Å². The molecule has 25 heavy (non-hydrogen) atoms. The first-order chi connectivity index (χ1) is 11.6. The number of hydrogen-bond donors (Lipinski definition) is 1. The lowest BCUT2D eigenvalue weighted by molar-refractivity contribution is -0.385. The van der Waals surface area contributed by atoms with Crippen LogP contribution in [-0.2, 0) is 10.0 Å². The molecule has 0 saturated heterocycles. The molecule has 0 unspecified atom stereocenters. The number of rotatable bonds is 6. The fraction of sp³-hybridized carbons (Fsp3) is 0.143. The SMILES string of the molecule is Cc1ccc(S(=O)(=O)Nc2ccc(OC(F)F)c(Cl)c2)cc1[N+](=O)[O-]. The van der Waals surface area contributed by atoms with E-state index in [2.05, 4.69) is 9.46 Å². The smallest absolute Gasteiger partial charge is 0.387 e. The van der Waals surface area contributed by atoms with E-state index in [4.69, 9.17) is 11.6 Å². The van der Waals surface area contributed by atoms with E-state index in [0.717, 1.165) is 18.2 Å². The molecule has 0 saturated carbocycles. The summed E-state index contributed by atoms with van der Waals surface area (Å²) in [6.45, 7) is -1.60. The molecule has 0 spiro atoms. The van der Waals surface area contributed by atoms with Crippen LogP contribution in [0.15, 0.2) is 41.3 Å². The quantitative estimate of drug-likeness (QED) is 0.592. The van der Waals surface area contributed by atoms with Gasteiger partial charge in [-0.15, -0.1) is 0 Å². The lowest BCUT2D eigenvalue weighted by atomic mass is 10.2. The van der Waals surface area contributed by atoms with Crippen molar-refractivity contribution >= 4 is 33.0 Å². The molecule has 0 aromatic heterocycles. The minimum Gasteiger partial charge on any atom is -0.433 e. The first-order valence-electron chi connectivity index (χ1n) is 6.62. The fourth-order valence-corrected chi connectivity index (χ4v) is 3.22. The number of nitro benzene ring substituents is 1. The van der Waals surface area contributed by atoms with Crippen molar-refractivity contribution in [3.05, 3.63) is 57.1 Å². The number of sulfonamides is 1. The number of alkyl halides is 2. The summed E-state index contributed by atoms with van der Waals surface area (Å²) in [6.07, 6.45) is 0. The highest BCUT2D eigenvalue weighted by molar-refractivity contribution is 7.92. The molecule has 0 amide bonds. The molecule has 0 aliphatic carbocycles. The Bertz CT molecular complexity index is 921. The maximum Gasteiger partial charge on any atom is 0.387 e. The third-order valence-corrected chi connectivity index (χ3v) is 4.76. The largest absolute Gasteiger partial charge is 0.433 e. The van der Waals surface area contributed by atoms with E-state index in [0.29, 0.717) is 5.56 Å². The minimum absolute atomic E-state index is 0.0187. The van der Waals surface area contributed by atoms with Crippen molar-refractivity contribution in [1.29, 1.82) is 0 Å². The lowest BCUT2D eigenvalue weighted by Gasteiger charge is -2.11. The summed E-state index contributed by atoms with van der Waals surface area (Å²) in [7, 11) is -4.14. The number of nitro groups is 1. The van der Waals surface area contributed by atoms with Crippen LogP contribution in [0.2, 0.25) is 5.02 Å². The average molecular weight is 393 g/mol. The van der Waals surface area contributed by atoms with Crippen molar-refractivity contribution in [1.82, 2.24) is 0 Å². The van der Waals surface area contributed by atoms with Crippen molar-refractivity contribution in [2.45, 2.75) is 18.4 Å². The Balaban J connectivity index is 2.31. The van der Waals surface area contributed by atoms with Gasteiger partial charge in [-0.25, -0.2) is 8.42 Å². The Morgan fingerprint density at radius 3 is 2.48 bits per heavy atom. The van der Waals surface area contributed by atoms with Crippen LogP contribution in [0, 0.1) is 17.0 Å². The highest BCUT2D eigenvalue weighted by Crippen LogP contribution is 2.30. The second kappa shape index (κ2) is 7.19. The zero-order chi connectivity index (χ0) is 18.8. The van der Waals surface area contributed by atoms with Gasteiger partial charge >= 0.3 is 6.61 Å². The Kier molecular flexibility index (Phi) is 5.43. The van der Waals surface area contributed by atoms with E-state index in [1.165, 1.54) is 25.1 Å². The van der Waals surface area contributed by atoms with Gasteiger partial charge in [-0.3, -0.25) is 14.8 Å². The van der Waals surface area contributed by atoms with Gasteiger partial charge < -0.3 is 4.74 Å². The number of hydrogen-bond acceptors (Lipinski definition) is 5. The lowest BCUT2D eigenvalue weighted by Crippen LogP contribution is -2.13. The first kappa shape index (κ1) is 18.9. The van der Waals surface area contributed by atoms with Crippen LogP contribution in [0.25, 0.3) is 0 Å². The number of nitrogens with zero attached hydrogens (tertiary/aromatic N) is 1. The normalized spacial score (nSPS) is 11.4. The molecule has 11 heteroatoms. The van der Waals surface area contributed by atoms with Crippen LogP contribution in [0.5, 0.6) is 5.75 Å². The van der Waals surface area contributed by atoms with Gasteiger partial charge in [0.1, 0.15) is 5.75 Å². The van der Waals surface area contributed by atoms with Gasteiger partial charge in [0.25, 0.3) is 15.7 Å². The van der Waals surface area contributed by atoms with Gasteiger partial charge in [0, 0.05) is 11.6 Å². The van der Waals surface area contributed by atoms with E-state index in [9.17, 15) is 27.3 Å². The summed E-state index contributed by atoms with van der Waals surface area (Å²) in [5.74, 6) is -0.314. The standard InChI is InChI=1S/C14H11ClF2N2O5S/c1-8-2-4-10(7-12(8)19(20)21)25(22,23)18-9-3-5-13(11(15)6-9)24-14(16)17/h2-7,14,18H,1H3. The zero-order valence-corrected chi connectivity index (χ0v) is 14.1. The molecule has 2 rings (SSSR count). The first-order valence-corrected chi connectivity index (χ1v) is 8.48. The number of benzene rings is 2. The van der Waals surface area contributed by atoms with E-state index in [-0.39, 0.29) is 27.0 Å². The second-order valence-electron chi connectivity index (χ2n) is 4.83. The molecule has 7 nitrogen and oxygen atoms in total. The molecule has 134 valence electrons. The van der Waals surface area contributed by atoms with E-state index < -0.39 is 21.6 Å². The molecular weight excluding hydrogens is 382 g/mol. The molecule has 0 bridgehead atoms. The Labute approximate surface area is 146 Å². The predicted molar refractivity (Wildman–Crippen MR) is 86.7 cm³/mol. The van der Waals surface area contributed by atoms with Gasteiger partial charge in [-0.2, -0.15) is 8.78 Å². The van der Waals surface area contributed by atoms with Gasteiger partial charge in [-0.1, -0.05) is 17.7 Å². The van der Waals surface area contributed by atoms with Crippen LogP contribution >= 0.6 is 11.6 Å². The van der Waals surface area contributed by atoms with Crippen LogP contribution in [0.3, 0.4) is 0 Å². The van der Waals surface area contributed by atoms with Gasteiger partial charge in [-0.05, 0) is 31.2 Å². The minimum atomic E-state index is -4.14. The summed E-state index contributed by atoms with van der Waals surface area (Å²) in [5.41, 5.74) is -0.0584. The third-order valence-electron chi connectivity index (χ3n) is 3.09. The number of nitrogens with one attached hydrogen (secondary N) is 1. The topological polar surface area (TPSA) is 98.5 Å². The van der Waals surface area contributed by atoms with Gasteiger partial charge in [0.2, 0.25) is 0 Å². The maximum absolute atomic E-state index is 12.3. The molecule has 1 N–H and O–H groups in total. The Morgan fingerprint density at radius 2 is 1.92 bits per heavy atom. The summed E-state index contributed by atoms with van der Waals surface area (Å²) in [4.78, 5) is 9.91. The van der Waals surface area contributed by atoms with Crippen LogP contribution in [-0.4, -0.2) is 20.0 Å². The van der Waals surface area contributed by atoms with Crippen LogP contribution < -0.4 is 9.46 Å². The molecule has 2 aromatic carbocycles. The fourth-order valence-electron chi connectivity index (χ4n) is 1.92. The average Bonchev–Trinajstić information content (AvgIpc) is 2.49. The zero-order valence-electron chi connectivity index (χ0n) is 12.6. The van der Waals surface area contributed by atoms with Gasteiger partial charge in [0.15, 0.2) is 0 Å². The van der Waals surface area contributed by atoms with Gasteiger partial charge in [0.05, 0.1) is 20.5 Å². The molecule has 0 aliphatic heterocycles. The maximum atomic E-state index is 12.3. The number of ether oxygens (including phenoxy) is 1. The van der Waals surface area contributed by atoms with E-state index in [1.807, 2.05) is 0 Å². The molecule has 0 aliphatic rings. The third kappa shape index (κ3) is 4.54. The predicted octanol–water partition coefficient (Wildman–Crippen LogP) is 3.96. The number of aryl methyl sites for hydroxylation is 1. The highest BCUT2D eigenvalue weighted by Gasteiger charge is 2.20. The Morgan fingerprint density at radius 1 is 1.24 bits per heavy atom. The Hall–Kier alpha value is -2.46. The van der Waals surface area contributed by atoms with Crippen molar-refractivity contribution < 1.29 is 26.9 Å². The molecular formula is C14H11ClF2N2O5S. The van der Waals surface area contributed by atoms with Crippen molar-refractivity contribution in [2.24, 2.45) is 0 Å². The summed E-state index contributed by atoms with van der Waals surface area (Å²) >= 11 is 5.75. The number of anilines is 1. The van der Waals surface area contributed by atoms with E-state index in [1.54, 1.807) is 0 Å². The monoisotopic (exact) mass is 392 g/mol. The van der Waals surface area contributed by atoms with Crippen LogP contribution in [0.1, 0.15) is 5.56 Å². The number of halogens is 3. The molecule has 0 radical (unpaired) electrons. The molecule has 0 fully saturated rings. The summed E-state index contributed by atoms with van der Waals surface area (Å²) < 4.78 is 55.3. The molecule has 2 aromatic rings. The second-order valence-corrected chi connectivity index (χ2v) is 6.92. The highest BCUT2D eigenvalue weighted by atomic mass is 35.5. The molecule has 0 heterocycles.